The summed E-state index contributed by atoms with van der Waals surface area (Å²) >= 11 is 0. The topological polar surface area (TPSA) is 157 Å². The van der Waals surface area contributed by atoms with Crippen LogP contribution >= 0.6 is 0 Å². The second kappa shape index (κ2) is 13.9. The lowest BCUT2D eigenvalue weighted by atomic mass is 9.88. The highest BCUT2D eigenvalue weighted by Gasteiger charge is 2.40. The fourth-order valence-corrected chi connectivity index (χ4v) is 6.04. The molecule has 1 aliphatic heterocycles. The normalized spacial score (nSPS) is 15.4. The number of nitrogens with one attached hydrogen (secondary N) is 2. The number of halogens is 3. The molecule has 0 aliphatic carbocycles. The third kappa shape index (κ3) is 9.23. The van der Waals surface area contributed by atoms with Gasteiger partial charge in [0.25, 0.3) is 5.91 Å². The minimum Gasteiger partial charge on any atom is -0.563 e. The minimum absolute atomic E-state index is 0.0326. The van der Waals surface area contributed by atoms with E-state index in [-0.39, 0.29) is 28.1 Å². The average molecular weight is 703 g/mol. The van der Waals surface area contributed by atoms with Crippen LogP contribution in [0, 0.1) is 0 Å². The van der Waals surface area contributed by atoms with Crippen LogP contribution in [0.3, 0.4) is 0 Å². The maximum atomic E-state index is 13.7. The van der Waals surface area contributed by atoms with Crippen molar-refractivity contribution in [2.45, 2.75) is 89.8 Å². The number of hydrogen-bond acceptors (Lipinski definition) is 10. The summed E-state index contributed by atoms with van der Waals surface area (Å²) in [7, 11) is -2.16. The molecule has 0 unspecified atom stereocenters. The highest BCUT2D eigenvalue weighted by Crippen LogP contribution is 2.39. The third-order valence-electron chi connectivity index (χ3n) is 8.73. The Labute approximate surface area is 285 Å². The molecule has 1 saturated heterocycles. The Morgan fingerprint density at radius 1 is 1.00 bits per heavy atom. The molecule has 0 bridgehead atoms. The summed E-state index contributed by atoms with van der Waals surface area (Å²) in [5.41, 5.74) is 3.02. The maximum Gasteiger partial charge on any atom is 0.418 e. The number of pyridine rings is 2. The number of rotatable bonds is 8. The molecule has 0 aromatic carbocycles. The van der Waals surface area contributed by atoms with Crippen LogP contribution in [-0.2, 0) is 15.3 Å². The Balaban J connectivity index is 1.56. The van der Waals surface area contributed by atoms with Gasteiger partial charge < -0.3 is 30.4 Å². The number of ether oxygens (including phenoxy) is 1. The van der Waals surface area contributed by atoms with Crippen LogP contribution in [0.2, 0.25) is 18.1 Å². The van der Waals surface area contributed by atoms with E-state index in [0.29, 0.717) is 38.2 Å². The lowest BCUT2D eigenvalue weighted by Crippen LogP contribution is -2.60. The molecule has 267 valence electrons. The number of hydrogen-bond donors (Lipinski definition) is 3. The number of nitrogens with zero attached hydrogens (tertiary/aromatic N) is 5. The molecule has 3 aromatic rings. The van der Waals surface area contributed by atoms with Gasteiger partial charge in [-0.05, 0) is 66.2 Å². The van der Waals surface area contributed by atoms with Gasteiger partial charge in [0.2, 0.25) is 0 Å². The molecular weight excluding hydrogens is 657 g/mol. The van der Waals surface area contributed by atoms with Crippen LogP contribution < -0.4 is 21.3 Å². The van der Waals surface area contributed by atoms with Crippen molar-refractivity contribution < 1.29 is 31.9 Å². The highest BCUT2D eigenvalue weighted by molar-refractivity contribution is 6.74. The number of nitrogen functional groups attached to an aromatic ring is 1. The van der Waals surface area contributed by atoms with Gasteiger partial charge in [-0.3, -0.25) is 9.78 Å². The fourth-order valence-electron chi connectivity index (χ4n) is 4.97. The first kappa shape index (κ1) is 37.5. The van der Waals surface area contributed by atoms with E-state index >= 15 is 0 Å². The van der Waals surface area contributed by atoms with Crippen LogP contribution in [0.5, 0.6) is 0 Å². The van der Waals surface area contributed by atoms with Gasteiger partial charge in [-0.2, -0.15) is 13.2 Å². The Hall–Kier alpha value is -4.31. The Morgan fingerprint density at radius 2 is 1.63 bits per heavy atom. The molecule has 1 aliphatic rings. The van der Waals surface area contributed by atoms with E-state index < -0.39 is 48.9 Å². The minimum atomic E-state index is -4.71. The average Bonchev–Trinajstić information content (AvgIpc) is 2.99. The zero-order valence-electron chi connectivity index (χ0n) is 29.2. The van der Waals surface area contributed by atoms with Crippen LogP contribution in [0.1, 0.15) is 70.4 Å². The van der Waals surface area contributed by atoms with Crippen molar-refractivity contribution in [2.75, 3.05) is 35.6 Å². The second-order valence-electron chi connectivity index (χ2n) is 14.7. The van der Waals surface area contributed by atoms with Crippen molar-refractivity contribution in [3.63, 3.8) is 0 Å². The third-order valence-corrected chi connectivity index (χ3v) is 13.2. The van der Waals surface area contributed by atoms with Crippen molar-refractivity contribution in [1.29, 1.82) is 0 Å². The van der Waals surface area contributed by atoms with Crippen molar-refractivity contribution in [2.24, 2.45) is 0 Å². The summed E-state index contributed by atoms with van der Waals surface area (Å²) in [5, 5.41) is 5.78. The van der Waals surface area contributed by atoms with Crippen molar-refractivity contribution in [1.82, 2.24) is 25.3 Å². The summed E-state index contributed by atoms with van der Waals surface area (Å²) in [6.07, 6.45) is -0.482. The Bertz CT molecular complexity index is 1670. The van der Waals surface area contributed by atoms with Crippen LogP contribution in [-0.4, -0.2) is 71.1 Å². The van der Waals surface area contributed by atoms with Crippen LogP contribution in [0.15, 0.2) is 42.9 Å². The summed E-state index contributed by atoms with van der Waals surface area (Å²) in [6, 6.07) is 5.54. The van der Waals surface area contributed by atoms with Crippen LogP contribution in [0.4, 0.5) is 35.3 Å². The van der Waals surface area contributed by atoms with Crippen molar-refractivity contribution in [3.8, 4) is 11.4 Å². The molecule has 2 amide bonds. The molecule has 16 heteroatoms. The smallest absolute Gasteiger partial charge is 0.418 e. The number of carbonyl (C=O) groups excluding carboxylic acids is 2. The van der Waals surface area contributed by atoms with Gasteiger partial charge >= 0.3 is 12.3 Å². The van der Waals surface area contributed by atoms with Crippen molar-refractivity contribution in [3.05, 3.63) is 54.1 Å². The van der Waals surface area contributed by atoms with Gasteiger partial charge in [0.1, 0.15) is 17.0 Å². The summed E-state index contributed by atoms with van der Waals surface area (Å²) in [5.74, 6) is -0.893. The van der Waals surface area contributed by atoms with Gasteiger partial charge in [0.15, 0.2) is 17.3 Å². The lowest BCUT2D eigenvalue weighted by molar-refractivity contribution is -0.137. The first-order valence-electron chi connectivity index (χ1n) is 15.9. The number of alkyl halides is 3. The van der Waals surface area contributed by atoms with Crippen molar-refractivity contribution >= 4 is 37.6 Å². The Morgan fingerprint density at radius 3 is 2.24 bits per heavy atom. The molecule has 4 N–H and O–H groups in total. The number of amides is 2. The van der Waals surface area contributed by atoms with E-state index in [4.69, 9.17) is 14.9 Å². The molecule has 49 heavy (non-hydrogen) atoms. The lowest BCUT2D eigenvalue weighted by Gasteiger charge is -2.52. The van der Waals surface area contributed by atoms with E-state index in [1.54, 1.807) is 32.9 Å². The number of nitrogens with two attached hydrogens (primary N) is 1. The van der Waals surface area contributed by atoms with Gasteiger partial charge in [0, 0.05) is 32.1 Å². The van der Waals surface area contributed by atoms with Gasteiger partial charge in [-0.15, -0.1) is 18.1 Å². The number of piperidine rings is 1. The first-order valence-corrected chi connectivity index (χ1v) is 18.8. The molecule has 3 aromatic heterocycles. The summed E-state index contributed by atoms with van der Waals surface area (Å²) in [6.45, 7) is 17.5. The van der Waals surface area contributed by atoms with E-state index in [9.17, 15) is 22.8 Å². The number of carbonyl (C=O) groups is 2. The SMILES string of the molecule is CC(C)(C)OC(=O)NC1(CO[Si-](C)(C)C(C)(C)C)CCN(c2cccnc2NC(=O)c2nc(-c3ncccc3C(F)(F)F)cnc2N)CC1. The van der Waals surface area contributed by atoms with Gasteiger partial charge in [-0.1, -0.05) is 20.8 Å². The highest BCUT2D eigenvalue weighted by atomic mass is 28.4. The number of alkyl carbamates (subject to hydrolysis) is 1. The second-order valence-corrected chi connectivity index (χ2v) is 19.5. The van der Waals surface area contributed by atoms with E-state index in [2.05, 4.69) is 64.4 Å². The largest absolute Gasteiger partial charge is 0.563 e. The van der Waals surface area contributed by atoms with E-state index in [1.807, 2.05) is 4.90 Å². The van der Waals surface area contributed by atoms with Gasteiger partial charge in [0.05, 0.1) is 23.0 Å². The van der Waals surface area contributed by atoms with Gasteiger partial charge in [-0.25, -0.2) is 19.7 Å². The fraction of sp³-hybridized carbons (Fsp3) is 0.515. The molecule has 0 spiro atoms. The molecule has 1 fully saturated rings. The standard InChI is InChI=1S/C33H45F3N8O4Si/c1-30(2,3)48-29(46)43-32(20-47-49(7,8)31(4,5)6)13-17-44(18-14-32)23-12-10-16-39-27(23)42-28(45)25-26(37)40-19-22(41-25)24-21(33(34,35)36)11-9-15-38-24/h9-12,15-16,19H,13-14,17-18,20H2,1-8H3,(H2,37,40)(H,43,46)(H,39,42,45)/q-1. The molecule has 0 atom stereocenters. The first-order chi connectivity index (χ1) is 22.6. The number of aromatic nitrogens is 4. The van der Waals surface area contributed by atoms with Crippen LogP contribution in [0.25, 0.3) is 11.4 Å². The monoisotopic (exact) mass is 702 g/mol. The molecule has 0 saturated carbocycles. The zero-order valence-corrected chi connectivity index (χ0v) is 30.2. The molecule has 0 radical (unpaired) electrons. The Kier molecular flexibility index (Phi) is 10.6. The molecule has 12 nitrogen and oxygen atoms in total. The van der Waals surface area contributed by atoms with E-state index in [0.717, 1.165) is 18.3 Å². The molecule has 4 rings (SSSR count). The molecule has 4 heterocycles. The maximum absolute atomic E-state index is 13.7. The summed E-state index contributed by atoms with van der Waals surface area (Å²) in [4.78, 5) is 44.7. The predicted octanol–water partition coefficient (Wildman–Crippen LogP) is 6.67. The zero-order chi connectivity index (χ0) is 36.4. The van der Waals surface area contributed by atoms with E-state index in [1.165, 1.54) is 12.4 Å². The predicted molar refractivity (Wildman–Crippen MR) is 184 cm³/mol. The summed E-state index contributed by atoms with van der Waals surface area (Å²) < 4.78 is 53.2. The number of anilines is 3. The molecular formula is C33H45F3N8O4Si-. The quantitative estimate of drug-likeness (QED) is 0.217.